The molecule has 16 heavy (non-hydrogen) atoms. The Balaban J connectivity index is 2.86. The lowest BCUT2D eigenvalue weighted by Crippen LogP contribution is -2.20. The highest BCUT2D eigenvalue weighted by atomic mass is 79.9. The highest BCUT2D eigenvalue weighted by Crippen LogP contribution is 2.35. The van der Waals surface area contributed by atoms with E-state index >= 15 is 0 Å². The molecule has 1 aromatic carbocycles. The van der Waals surface area contributed by atoms with Crippen LogP contribution in [0.25, 0.3) is 0 Å². The Bertz CT molecular complexity index is 453. The number of nitrogens with one attached hydrogen (secondary N) is 1. The zero-order valence-corrected chi connectivity index (χ0v) is 11.8. The molecule has 0 bridgehead atoms. The molecule has 0 aliphatic heterocycles. The van der Waals surface area contributed by atoms with E-state index in [2.05, 4.69) is 33.5 Å². The number of rotatable bonds is 3. The Morgan fingerprint density at radius 3 is 2.62 bits per heavy atom. The Morgan fingerprint density at radius 2 is 2.06 bits per heavy atom. The maximum Gasteiger partial charge on any atom is 0.231 e. The van der Waals surface area contributed by atoms with Crippen LogP contribution in [-0.4, -0.2) is 10.9 Å². The maximum absolute atomic E-state index is 11.4. The Morgan fingerprint density at radius 1 is 1.44 bits per heavy atom. The molecular formula is C9H7BrCl2N2OS. The van der Waals surface area contributed by atoms with E-state index in [9.17, 15) is 4.79 Å². The van der Waals surface area contributed by atoms with Gasteiger partial charge in [-0.2, -0.15) is 0 Å². The molecule has 1 aromatic rings. The second-order valence-corrected chi connectivity index (χ2v) is 5.05. The summed E-state index contributed by atoms with van der Waals surface area (Å²) < 4.78 is 0.659. The number of halogens is 3. The van der Waals surface area contributed by atoms with Crippen LogP contribution in [0, 0.1) is 0 Å². The zero-order valence-electron chi connectivity index (χ0n) is 7.89. The van der Waals surface area contributed by atoms with E-state index in [1.807, 2.05) is 0 Å². The second-order valence-electron chi connectivity index (χ2n) is 2.91. The van der Waals surface area contributed by atoms with E-state index in [1.165, 1.54) is 0 Å². The molecule has 0 radical (unpaired) electrons. The molecule has 0 heterocycles. The van der Waals surface area contributed by atoms with Crippen molar-refractivity contribution in [3.05, 3.63) is 26.7 Å². The minimum atomic E-state index is -0.326. The number of amides is 1. The van der Waals surface area contributed by atoms with E-state index < -0.39 is 0 Å². The van der Waals surface area contributed by atoms with Gasteiger partial charge in [0.1, 0.15) is 0 Å². The molecule has 0 spiro atoms. The summed E-state index contributed by atoms with van der Waals surface area (Å²) in [6.07, 6.45) is -0.0284. The molecule has 7 heteroatoms. The second kappa shape index (κ2) is 5.82. The van der Waals surface area contributed by atoms with Crippen molar-refractivity contribution in [3.8, 4) is 0 Å². The van der Waals surface area contributed by atoms with Gasteiger partial charge in [-0.25, -0.2) is 0 Å². The van der Waals surface area contributed by atoms with E-state index in [0.717, 1.165) is 0 Å². The van der Waals surface area contributed by atoms with Gasteiger partial charge in [-0.05, 0) is 28.1 Å². The topological polar surface area (TPSA) is 55.1 Å². The molecule has 0 aliphatic carbocycles. The fourth-order valence-electron chi connectivity index (χ4n) is 0.975. The van der Waals surface area contributed by atoms with Crippen LogP contribution in [0.5, 0.6) is 0 Å². The molecule has 1 amide bonds. The Kier molecular flexibility index (Phi) is 4.98. The van der Waals surface area contributed by atoms with Gasteiger partial charge in [0.25, 0.3) is 0 Å². The molecule has 0 atom stereocenters. The number of thiocarbonyl (C=S) groups is 1. The summed E-state index contributed by atoms with van der Waals surface area (Å²) in [5, 5.41) is 3.18. The molecule has 0 aliphatic rings. The van der Waals surface area contributed by atoms with Gasteiger partial charge in [0, 0.05) is 4.47 Å². The minimum absolute atomic E-state index is 0.0284. The number of carbonyl (C=O) groups is 1. The molecular weight excluding hydrogens is 335 g/mol. The van der Waals surface area contributed by atoms with Gasteiger partial charge < -0.3 is 11.1 Å². The lowest BCUT2D eigenvalue weighted by Gasteiger charge is -2.08. The van der Waals surface area contributed by atoms with Crippen molar-refractivity contribution < 1.29 is 4.79 Å². The van der Waals surface area contributed by atoms with Crippen LogP contribution in [-0.2, 0) is 4.79 Å². The smallest absolute Gasteiger partial charge is 0.231 e. The largest absolute Gasteiger partial charge is 0.393 e. The number of benzene rings is 1. The van der Waals surface area contributed by atoms with Gasteiger partial charge in [-0.3, -0.25) is 4.79 Å². The fourth-order valence-corrected chi connectivity index (χ4v) is 1.93. The summed E-state index contributed by atoms with van der Waals surface area (Å²) in [7, 11) is 0. The van der Waals surface area contributed by atoms with Crippen molar-refractivity contribution in [2.75, 3.05) is 5.32 Å². The first-order valence-electron chi connectivity index (χ1n) is 4.13. The zero-order chi connectivity index (χ0) is 12.3. The summed E-state index contributed by atoms with van der Waals surface area (Å²) >= 11 is 19.7. The van der Waals surface area contributed by atoms with Crippen molar-refractivity contribution in [1.82, 2.24) is 0 Å². The van der Waals surface area contributed by atoms with E-state index in [0.29, 0.717) is 15.2 Å². The highest BCUT2D eigenvalue weighted by molar-refractivity contribution is 9.10. The maximum atomic E-state index is 11.4. The lowest BCUT2D eigenvalue weighted by molar-refractivity contribution is -0.115. The SMILES string of the molecule is NC(=S)CC(=O)Nc1ccc(Br)c(Cl)c1Cl. The normalized spacial score (nSPS) is 9.94. The summed E-state index contributed by atoms with van der Waals surface area (Å²) in [5.74, 6) is -0.326. The number of nitrogens with two attached hydrogens (primary N) is 1. The van der Waals surface area contributed by atoms with Crippen LogP contribution < -0.4 is 11.1 Å². The molecule has 0 saturated heterocycles. The number of carbonyl (C=O) groups excluding carboxylic acids is 1. The molecule has 3 nitrogen and oxygen atoms in total. The average molecular weight is 342 g/mol. The van der Waals surface area contributed by atoms with Crippen LogP contribution in [0.4, 0.5) is 5.69 Å². The predicted octanol–water partition coefficient (Wildman–Crippen LogP) is 3.37. The van der Waals surface area contributed by atoms with Crippen LogP contribution in [0.2, 0.25) is 10.0 Å². The van der Waals surface area contributed by atoms with Crippen molar-refractivity contribution >= 4 is 67.9 Å². The van der Waals surface area contributed by atoms with Crippen molar-refractivity contribution in [2.45, 2.75) is 6.42 Å². The standard InChI is InChI=1S/C9H7BrCl2N2OS/c10-4-1-2-5(9(12)8(4)11)14-7(15)3-6(13)16/h1-2H,3H2,(H2,13,16)(H,14,15). The Labute approximate surface area is 116 Å². The van der Waals surface area contributed by atoms with Gasteiger partial charge in [0.15, 0.2) is 0 Å². The van der Waals surface area contributed by atoms with Gasteiger partial charge >= 0.3 is 0 Å². The van der Waals surface area contributed by atoms with Gasteiger partial charge in [0.05, 0.1) is 27.1 Å². The third-order valence-electron chi connectivity index (χ3n) is 1.64. The van der Waals surface area contributed by atoms with Gasteiger partial charge in [-0.15, -0.1) is 0 Å². The molecule has 1 rings (SSSR count). The number of hydrogen-bond donors (Lipinski definition) is 2. The molecule has 86 valence electrons. The van der Waals surface area contributed by atoms with E-state index in [-0.39, 0.29) is 22.3 Å². The summed E-state index contributed by atoms with van der Waals surface area (Å²) in [5.41, 5.74) is 5.67. The Hall–Kier alpha value is -0.360. The summed E-state index contributed by atoms with van der Waals surface area (Å²) in [6, 6.07) is 3.32. The first-order valence-corrected chi connectivity index (χ1v) is 6.09. The quantitative estimate of drug-likeness (QED) is 0.654. The molecule has 0 saturated carbocycles. The first kappa shape index (κ1) is 13.7. The molecule has 0 fully saturated rings. The third kappa shape index (κ3) is 3.59. The molecule has 0 unspecified atom stereocenters. The van der Waals surface area contributed by atoms with Gasteiger partial charge in [-0.1, -0.05) is 35.4 Å². The number of hydrogen-bond acceptors (Lipinski definition) is 2. The summed E-state index contributed by atoms with van der Waals surface area (Å²) in [6.45, 7) is 0. The van der Waals surface area contributed by atoms with Crippen LogP contribution in [0.3, 0.4) is 0 Å². The van der Waals surface area contributed by atoms with E-state index in [1.54, 1.807) is 12.1 Å². The number of anilines is 1. The molecule has 3 N–H and O–H groups in total. The van der Waals surface area contributed by atoms with Crippen molar-refractivity contribution in [1.29, 1.82) is 0 Å². The van der Waals surface area contributed by atoms with Crippen LogP contribution in [0.1, 0.15) is 6.42 Å². The average Bonchev–Trinajstić information content (AvgIpc) is 2.18. The minimum Gasteiger partial charge on any atom is -0.393 e. The van der Waals surface area contributed by atoms with Crippen molar-refractivity contribution in [2.24, 2.45) is 5.73 Å². The van der Waals surface area contributed by atoms with E-state index in [4.69, 9.17) is 28.9 Å². The lowest BCUT2D eigenvalue weighted by atomic mass is 10.3. The van der Waals surface area contributed by atoms with Gasteiger partial charge in [0.2, 0.25) is 5.91 Å². The summed E-state index contributed by atoms with van der Waals surface area (Å²) in [4.78, 5) is 11.5. The fraction of sp³-hybridized carbons (Fsp3) is 0.111. The van der Waals surface area contributed by atoms with Crippen molar-refractivity contribution in [3.63, 3.8) is 0 Å². The molecule has 0 aromatic heterocycles. The van der Waals surface area contributed by atoms with Crippen LogP contribution in [0.15, 0.2) is 16.6 Å². The predicted molar refractivity (Wildman–Crippen MR) is 74.2 cm³/mol. The third-order valence-corrected chi connectivity index (χ3v) is 3.56. The first-order chi connectivity index (χ1) is 7.41. The monoisotopic (exact) mass is 340 g/mol. The highest BCUT2D eigenvalue weighted by Gasteiger charge is 2.11. The van der Waals surface area contributed by atoms with Crippen LogP contribution >= 0.6 is 51.3 Å².